The first-order valence-electron chi connectivity index (χ1n) is 12.3. The fourth-order valence-corrected chi connectivity index (χ4v) is 4.86. The number of para-hydroxylation sites is 1. The number of aromatic nitrogens is 2. The lowest BCUT2D eigenvalue weighted by Crippen LogP contribution is -2.40. The average Bonchev–Trinajstić information content (AvgIpc) is 3.57. The molecule has 1 aromatic heterocycles. The van der Waals surface area contributed by atoms with Crippen LogP contribution in [0.4, 0.5) is 13.2 Å². The Morgan fingerprint density at radius 3 is 2.17 bits per heavy atom. The molecule has 2 N–H and O–H groups in total. The molecule has 2 aromatic rings. The van der Waals surface area contributed by atoms with E-state index >= 15 is 0 Å². The lowest BCUT2D eigenvalue weighted by Gasteiger charge is -2.29. The van der Waals surface area contributed by atoms with Gasteiger partial charge in [-0.25, -0.2) is 4.68 Å². The second-order valence-corrected chi connectivity index (χ2v) is 9.30. The maximum absolute atomic E-state index is 13.5. The fourth-order valence-electron chi connectivity index (χ4n) is 4.86. The molecule has 0 spiro atoms. The molecule has 1 aromatic carbocycles. The molecule has 0 bridgehead atoms. The summed E-state index contributed by atoms with van der Waals surface area (Å²) in [6, 6.07) is 8.20. The molecule has 36 heavy (non-hydrogen) atoms. The first-order valence-corrected chi connectivity index (χ1v) is 12.3. The number of nitrogens with one attached hydrogen (secondary N) is 2. The predicted molar refractivity (Wildman–Crippen MR) is 125 cm³/mol. The topological polar surface area (TPSA) is 96.3 Å². The maximum Gasteiger partial charge on any atom is 0.435 e. The number of carbonyl (C=O) groups excluding carboxylic acids is 3. The van der Waals surface area contributed by atoms with Crippen molar-refractivity contribution in [3.63, 3.8) is 0 Å². The second kappa shape index (κ2) is 11.1. The normalized spacial score (nSPS) is 20.2. The standard InChI is InChI=1S/C25H30F3N5O3/c26-25(27,28)21-20(16-33(31-21)19-6-2-1-3-7-19)23(35)30-13-12-29-22(34)17-8-10-18(11-9-17)24(36)32-14-4-5-15-32/h1-3,6-7,16-18H,4-5,8-15H2,(H,29,34)(H,30,35). The van der Waals surface area contributed by atoms with Crippen molar-refractivity contribution in [3.05, 3.63) is 47.8 Å². The number of halogens is 3. The van der Waals surface area contributed by atoms with Crippen molar-refractivity contribution in [2.24, 2.45) is 11.8 Å². The van der Waals surface area contributed by atoms with Crippen LogP contribution >= 0.6 is 0 Å². The third kappa shape index (κ3) is 6.06. The summed E-state index contributed by atoms with van der Waals surface area (Å²) in [5, 5.41) is 8.74. The summed E-state index contributed by atoms with van der Waals surface area (Å²) in [5.41, 5.74) is -1.46. The Morgan fingerprint density at radius 1 is 0.917 bits per heavy atom. The molecule has 2 aliphatic rings. The van der Waals surface area contributed by atoms with Gasteiger partial charge in [-0.05, 0) is 50.7 Å². The predicted octanol–water partition coefficient (Wildman–Crippen LogP) is 3.17. The summed E-state index contributed by atoms with van der Waals surface area (Å²) >= 11 is 0. The van der Waals surface area contributed by atoms with Gasteiger partial charge in [-0.1, -0.05) is 18.2 Å². The Kier molecular flexibility index (Phi) is 7.95. The van der Waals surface area contributed by atoms with Crippen LogP contribution in [0, 0.1) is 11.8 Å². The summed E-state index contributed by atoms with van der Waals surface area (Å²) in [7, 11) is 0. The van der Waals surface area contributed by atoms with Crippen LogP contribution in [0.3, 0.4) is 0 Å². The van der Waals surface area contributed by atoms with Gasteiger partial charge < -0.3 is 15.5 Å². The van der Waals surface area contributed by atoms with Gasteiger partial charge in [0.25, 0.3) is 5.91 Å². The van der Waals surface area contributed by atoms with Crippen LogP contribution in [-0.4, -0.2) is 58.6 Å². The average molecular weight is 506 g/mol. The van der Waals surface area contributed by atoms with E-state index < -0.39 is 23.3 Å². The van der Waals surface area contributed by atoms with Crippen LogP contribution in [0.5, 0.6) is 0 Å². The zero-order valence-electron chi connectivity index (χ0n) is 19.9. The van der Waals surface area contributed by atoms with E-state index in [1.54, 1.807) is 30.3 Å². The minimum absolute atomic E-state index is 0.0222. The number of likely N-dealkylation sites (tertiary alicyclic amines) is 1. The molecule has 2 heterocycles. The molecule has 0 unspecified atom stereocenters. The number of carbonyl (C=O) groups is 3. The number of amides is 3. The minimum atomic E-state index is -4.80. The van der Waals surface area contributed by atoms with Crippen molar-refractivity contribution in [2.75, 3.05) is 26.2 Å². The van der Waals surface area contributed by atoms with Crippen LogP contribution < -0.4 is 10.6 Å². The van der Waals surface area contributed by atoms with Gasteiger partial charge >= 0.3 is 6.18 Å². The molecule has 3 amide bonds. The van der Waals surface area contributed by atoms with Crippen molar-refractivity contribution in [2.45, 2.75) is 44.7 Å². The van der Waals surface area contributed by atoms with Gasteiger partial charge in [0, 0.05) is 44.2 Å². The van der Waals surface area contributed by atoms with E-state index in [2.05, 4.69) is 15.7 Å². The fraction of sp³-hybridized carbons (Fsp3) is 0.520. The number of hydrogen-bond acceptors (Lipinski definition) is 4. The number of rotatable bonds is 7. The van der Waals surface area contributed by atoms with Crippen molar-refractivity contribution in [1.29, 1.82) is 0 Å². The molecular formula is C25H30F3N5O3. The third-order valence-electron chi connectivity index (χ3n) is 6.82. The second-order valence-electron chi connectivity index (χ2n) is 9.30. The Morgan fingerprint density at radius 2 is 1.53 bits per heavy atom. The molecule has 4 rings (SSSR count). The Balaban J connectivity index is 1.24. The molecule has 1 aliphatic heterocycles. The van der Waals surface area contributed by atoms with Crippen LogP contribution in [0.1, 0.15) is 54.6 Å². The highest BCUT2D eigenvalue weighted by atomic mass is 19.4. The van der Waals surface area contributed by atoms with Crippen molar-refractivity contribution < 1.29 is 27.6 Å². The van der Waals surface area contributed by atoms with Crippen molar-refractivity contribution in [3.8, 4) is 5.69 Å². The number of nitrogens with zero attached hydrogens (tertiary/aromatic N) is 3. The van der Waals surface area contributed by atoms with Crippen LogP contribution in [0.15, 0.2) is 36.5 Å². The van der Waals surface area contributed by atoms with E-state index in [4.69, 9.17) is 0 Å². The molecule has 8 nitrogen and oxygen atoms in total. The summed E-state index contributed by atoms with van der Waals surface area (Å²) in [6.45, 7) is 1.71. The van der Waals surface area contributed by atoms with E-state index in [0.717, 1.165) is 36.8 Å². The van der Waals surface area contributed by atoms with Crippen LogP contribution in [-0.2, 0) is 15.8 Å². The quantitative estimate of drug-likeness (QED) is 0.565. The van der Waals surface area contributed by atoms with Crippen LogP contribution in [0.25, 0.3) is 5.69 Å². The first-order chi connectivity index (χ1) is 17.2. The number of alkyl halides is 3. The molecule has 2 fully saturated rings. The smallest absolute Gasteiger partial charge is 0.354 e. The van der Waals surface area contributed by atoms with Crippen LogP contribution in [0.2, 0.25) is 0 Å². The number of hydrogen-bond donors (Lipinski definition) is 2. The van der Waals surface area contributed by atoms with Gasteiger partial charge in [-0.3, -0.25) is 14.4 Å². The number of benzene rings is 1. The van der Waals surface area contributed by atoms with Crippen molar-refractivity contribution >= 4 is 17.7 Å². The summed E-state index contributed by atoms with van der Waals surface area (Å²) in [4.78, 5) is 39.5. The summed E-state index contributed by atoms with van der Waals surface area (Å²) in [6.07, 6.45) is 0.946. The van der Waals surface area contributed by atoms with Gasteiger partial charge in [0.2, 0.25) is 11.8 Å². The summed E-state index contributed by atoms with van der Waals surface area (Å²) in [5.74, 6) is -1.11. The van der Waals surface area contributed by atoms with E-state index in [1.807, 2.05) is 4.90 Å². The van der Waals surface area contributed by atoms with Crippen molar-refractivity contribution in [1.82, 2.24) is 25.3 Å². The lowest BCUT2D eigenvalue weighted by atomic mass is 9.81. The van der Waals surface area contributed by atoms with E-state index in [9.17, 15) is 27.6 Å². The molecule has 11 heteroatoms. The van der Waals surface area contributed by atoms with Gasteiger partial charge in [0.15, 0.2) is 5.69 Å². The van der Waals surface area contributed by atoms with E-state index in [-0.39, 0.29) is 36.7 Å². The van der Waals surface area contributed by atoms with Gasteiger partial charge in [-0.15, -0.1) is 0 Å². The molecule has 0 atom stereocenters. The zero-order valence-corrected chi connectivity index (χ0v) is 19.9. The largest absolute Gasteiger partial charge is 0.435 e. The summed E-state index contributed by atoms with van der Waals surface area (Å²) < 4.78 is 41.4. The van der Waals surface area contributed by atoms with Gasteiger partial charge in [0.1, 0.15) is 0 Å². The molecule has 194 valence electrons. The highest BCUT2D eigenvalue weighted by Crippen LogP contribution is 2.32. The molecule has 0 radical (unpaired) electrons. The Bertz CT molecular complexity index is 1070. The Labute approximate surface area is 207 Å². The SMILES string of the molecule is O=C(NCCNC(=O)C1CCC(C(=O)N2CCCC2)CC1)c1cn(-c2ccccc2)nc1C(F)(F)F. The Hall–Kier alpha value is -3.37. The minimum Gasteiger partial charge on any atom is -0.354 e. The highest BCUT2D eigenvalue weighted by molar-refractivity contribution is 5.95. The third-order valence-corrected chi connectivity index (χ3v) is 6.82. The molecule has 1 saturated heterocycles. The zero-order chi connectivity index (χ0) is 25.7. The van der Waals surface area contributed by atoms with Gasteiger partial charge in [0.05, 0.1) is 11.3 Å². The maximum atomic E-state index is 13.5. The van der Waals surface area contributed by atoms with E-state index in [0.29, 0.717) is 31.4 Å². The van der Waals surface area contributed by atoms with Gasteiger partial charge in [-0.2, -0.15) is 18.3 Å². The molecular weight excluding hydrogens is 475 g/mol. The molecule has 1 aliphatic carbocycles. The lowest BCUT2D eigenvalue weighted by molar-refractivity contribution is -0.141. The van der Waals surface area contributed by atoms with E-state index in [1.165, 1.54) is 0 Å². The molecule has 1 saturated carbocycles. The monoisotopic (exact) mass is 505 g/mol. The first kappa shape index (κ1) is 25.7. The highest BCUT2D eigenvalue weighted by Gasteiger charge is 2.39.